The number of nitrogens with one attached hydrogen (secondary N) is 1. The molecule has 1 aromatic heterocycles. The fourth-order valence-corrected chi connectivity index (χ4v) is 2.18. The Bertz CT molecular complexity index is 572. The number of carbonyl (C=O) groups is 1. The summed E-state index contributed by atoms with van der Waals surface area (Å²) in [5.41, 5.74) is 1.82. The third-order valence-electron chi connectivity index (χ3n) is 3.06. The molecule has 0 saturated carbocycles. The fourth-order valence-electron chi connectivity index (χ4n) is 1.76. The molecule has 0 radical (unpaired) electrons. The number of nitrogens with zero attached hydrogens (tertiary/aromatic N) is 2. The number of aromatic nitrogens is 1. The van der Waals surface area contributed by atoms with Gasteiger partial charge in [-0.1, -0.05) is 6.07 Å². The van der Waals surface area contributed by atoms with E-state index in [-0.39, 0.29) is 24.9 Å². The van der Waals surface area contributed by atoms with Crippen molar-refractivity contribution < 1.29 is 13.2 Å². The van der Waals surface area contributed by atoms with E-state index in [0.717, 1.165) is 21.8 Å². The maximum atomic E-state index is 11.8. The highest BCUT2D eigenvalue weighted by molar-refractivity contribution is 7.88. The molecule has 1 atom stereocenters. The molecule has 0 saturated heterocycles. The summed E-state index contributed by atoms with van der Waals surface area (Å²) in [5, 5.41) is 2.82. The van der Waals surface area contributed by atoms with Gasteiger partial charge in [-0.15, -0.1) is 0 Å². The average molecular weight is 299 g/mol. The van der Waals surface area contributed by atoms with E-state index in [2.05, 4.69) is 10.3 Å². The predicted molar refractivity (Wildman–Crippen MR) is 77.6 cm³/mol. The second-order valence-corrected chi connectivity index (χ2v) is 6.92. The first-order valence-corrected chi connectivity index (χ1v) is 8.19. The van der Waals surface area contributed by atoms with E-state index in [4.69, 9.17) is 0 Å². The van der Waals surface area contributed by atoms with Gasteiger partial charge in [0.1, 0.15) is 0 Å². The van der Waals surface area contributed by atoms with Gasteiger partial charge in [-0.05, 0) is 25.5 Å². The van der Waals surface area contributed by atoms with E-state index in [0.29, 0.717) is 0 Å². The average Bonchev–Trinajstić information content (AvgIpc) is 2.35. The minimum absolute atomic E-state index is 0.125. The number of amides is 1. The second-order valence-electron chi connectivity index (χ2n) is 4.83. The molecule has 0 bridgehead atoms. The van der Waals surface area contributed by atoms with Gasteiger partial charge in [-0.3, -0.25) is 9.78 Å². The summed E-state index contributed by atoms with van der Waals surface area (Å²) in [6.07, 6.45) is 2.92. The monoisotopic (exact) mass is 299 g/mol. The van der Waals surface area contributed by atoms with Gasteiger partial charge in [0, 0.05) is 26.2 Å². The molecule has 0 aliphatic rings. The summed E-state index contributed by atoms with van der Waals surface area (Å²) >= 11 is 0. The Balaban J connectivity index is 2.53. The molecule has 112 valence electrons. The van der Waals surface area contributed by atoms with Gasteiger partial charge in [0.05, 0.1) is 18.0 Å². The first-order valence-electron chi connectivity index (χ1n) is 6.34. The fraction of sp³-hybridized carbons (Fsp3) is 0.538. The van der Waals surface area contributed by atoms with Crippen LogP contribution in [0.25, 0.3) is 0 Å². The maximum Gasteiger partial charge on any atom is 0.221 e. The Kier molecular flexibility index (Phi) is 5.64. The molecular weight excluding hydrogens is 278 g/mol. The number of hydrogen-bond donors (Lipinski definition) is 1. The van der Waals surface area contributed by atoms with Gasteiger partial charge in [0.25, 0.3) is 0 Å². The maximum absolute atomic E-state index is 11.8. The van der Waals surface area contributed by atoms with Gasteiger partial charge in [0.15, 0.2) is 0 Å². The summed E-state index contributed by atoms with van der Waals surface area (Å²) in [6.45, 7) is 3.95. The molecule has 1 N–H and O–H groups in total. The molecule has 1 aromatic rings. The van der Waals surface area contributed by atoms with Crippen LogP contribution in [0.5, 0.6) is 0 Å². The molecule has 0 aliphatic carbocycles. The molecule has 0 fully saturated rings. The predicted octanol–water partition coefficient (Wildman–Crippen LogP) is 0.849. The van der Waals surface area contributed by atoms with Crippen LogP contribution in [0.2, 0.25) is 0 Å². The molecule has 0 unspecified atom stereocenters. The highest BCUT2D eigenvalue weighted by Gasteiger charge is 2.15. The van der Waals surface area contributed by atoms with Crippen LogP contribution in [-0.2, 0) is 14.8 Å². The molecule has 7 heteroatoms. The lowest BCUT2D eigenvalue weighted by Gasteiger charge is -2.17. The SMILES string of the molecule is Cc1cccnc1[C@@H](C)NC(=O)CCN(C)S(C)(=O)=O. The highest BCUT2D eigenvalue weighted by Crippen LogP contribution is 2.13. The van der Waals surface area contributed by atoms with Gasteiger partial charge >= 0.3 is 0 Å². The van der Waals surface area contributed by atoms with Crippen LogP contribution >= 0.6 is 0 Å². The lowest BCUT2D eigenvalue weighted by atomic mass is 10.1. The first-order chi connectivity index (χ1) is 9.21. The van der Waals surface area contributed by atoms with Crippen LogP contribution in [0.15, 0.2) is 18.3 Å². The lowest BCUT2D eigenvalue weighted by Crippen LogP contribution is -2.33. The minimum Gasteiger partial charge on any atom is -0.348 e. The number of rotatable bonds is 6. The van der Waals surface area contributed by atoms with E-state index in [1.54, 1.807) is 6.20 Å². The van der Waals surface area contributed by atoms with Crippen LogP contribution in [0, 0.1) is 6.92 Å². The van der Waals surface area contributed by atoms with Crippen molar-refractivity contribution in [2.75, 3.05) is 19.8 Å². The number of carbonyl (C=O) groups excluding carboxylic acids is 1. The van der Waals surface area contributed by atoms with E-state index < -0.39 is 10.0 Å². The summed E-state index contributed by atoms with van der Waals surface area (Å²) in [7, 11) is -1.79. The van der Waals surface area contributed by atoms with Gasteiger partial charge < -0.3 is 5.32 Å². The molecule has 0 aromatic carbocycles. The molecule has 0 aliphatic heterocycles. The molecule has 20 heavy (non-hydrogen) atoms. The van der Waals surface area contributed by atoms with Crippen molar-refractivity contribution in [1.29, 1.82) is 0 Å². The Morgan fingerprint density at radius 1 is 1.50 bits per heavy atom. The quantitative estimate of drug-likeness (QED) is 0.844. The van der Waals surface area contributed by atoms with E-state index >= 15 is 0 Å². The number of aryl methyl sites for hydroxylation is 1. The summed E-state index contributed by atoms with van der Waals surface area (Å²) in [6, 6.07) is 3.57. The van der Waals surface area contributed by atoms with Gasteiger partial charge in [-0.25, -0.2) is 12.7 Å². The molecule has 6 nitrogen and oxygen atoms in total. The third kappa shape index (κ3) is 4.90. The Morgan fingerprint density at radius 3 is 2.70 bits per heavy atom. The zero-order valence-corrected chi connectivity index (χ0v) is 13.1. The topological polar surface area (TPSA) is 79.4 Å². The molecule has 1 amide bonds. The molecule has 1 rings (SSSR count). The minimum atomic E-state index is -3.24. The van der Waals surface area contributed by atoms with Crippen molar-refractivity contribution in [1.82, 2.24) is 14.6 Å². The number of hydrogen-bond acceptors (Lipinski definition) is 4. The van der Waals surface area contributed by atoms with E-state index in [9.17, 15) is 13.2 Å². The van der Waals surface area contributed by atoms with E-state index in [1.807, 2.05) is 26.0 Å². The van der Waals surface area contributed by atoms with Crippen molar-refractivity contribution in [2.45, 2.75) is 26.3 Å². The second kappa shape index (κ2) is 6.81. The summed E-state index contributed by atoms with van der Waals surface area (Å²) in [5.74, 6) is -0.196. The van der Waals surface area contributed by atoms with Crippen molar-refractivity contribution in [2.24, 2.45) is 0 Å². The van der Waals surface area contributed by atoms with E-state index in [1.165, 1.54) is 7.05 Å². The van der Waals surface area contributed by atoms with Gasteiger partial charge in [0.2, 0.25) is 15.9 Å². The Hall–Kier alpha value is -1.47. The zero-order chi connectivity index (χ0) is 15.3. The number of pyridine rings is 1. The molecular formula is C13H21N3O3S. The van der Waals surface area contributed by atoms with Crippen molar-refractivity contribution in [3.63, 3.8) is 0 Å². The van der Waals surface area contributed by atoms with Crippen LogP contribution in [0.4, 0.5) is 0 Å². The smallest absolute Gasteiger partial charge is 0.221 e. The summed E-state index contributed by atoms with van der Waals surface area (Å²) < 4.78 is 23.6. The summed E-state index contributed by atoms with van der Waals surface area (Å²) in [4.78, 5) is 16.1. The largest absolute Gasteiger partial charge is 0.348 e. The van der Waals surface area contributed by atoms with Crippen LogP contribution < -0.4 is 5.32 Å². The molecule has 0 spiro atoms. The van der Waals surface area contributed by atoms with Crippen molar-refractivity contribution in [3.05, 3.63) is 29.6 Å². The van der Waals surface area contributed by atoms with Crippen molar-refractivity contribution in [3.8, 4) is 0 Å². The van der Waals surface area contributed by atoms with Crippen LogP contribution in [-0.4, -0.2) is 43.5 Å². The van der Waals surface area contributed by atoms with Crippen molar-refractivity contribution >= 4 is 15.9 Å². The Labute approximate surface area is 120 Å². The Morgan fingerprint density at radius 2 is 2.15 bits per heavy atom. The standard InChI is InChI=1S/C13H21N3O3S/c1-10-6-5-8-14-13(10)11(2)15-12(17)7-9-16(3)20(4,18)19/h5-6,8,11H,7,9H2,1-4H3,(H,15,17)/t11-/m1/s1. The lowest BCUT2D eigenvalue weighted by molar-refractivity contribution is -0.121. The van der Waals surface area contributed by atoms with Gasteiger partial charge in [-0.2, -0.15) is 0 Å². The zero-order valence-electron chi connectivity index (χ0n) is 12.3. The number of sulfonamides is 1. The molecule has 1 heterocycles. The van der Waals surface area contributed by atoms with Crippen LogP contribution in [0.1, 0.15) is 30.6 Å². The highest BCUT2D eigenvalue weighted by atomic mass is 32.2. The first kappa shape index (κ1) is 16.6. The third-order valence-corrected chi connectivity index (χ3v) is 4.37. The van der Waals surface area contributed by atoms with Crippen LogP contribution in [0.3, 0.4) is 0 Å². The normalized spacial score (nSPS) is 13.2.